The molecule has 274 valence electrons. The molecule has 0 saturated carbocycles. The fourth-order valence-electron chi connectivity index (χ4n) is 8.81. The molecule has 0 bridgehead atoms. The Kier molecular flexibility index (Phi) is 7.50. The molecule has 0 aliphatic heterocycles. The minimum atomic E-state index is 0.669. The normalized spacial score (nSPS) is 11.7. The Morgan fingerprint density at radius 2 is 0.780 bits per heavy atom. The van der Waals surface area contributed by atoms with E-state index in [1.165, 1.54) is 32.3 Å². The van der Waals surface area contributed by atoms with Crippen molar-refractivity contribution in [2.24, 2.45) is 0 Å². The van der Waals surface area contributed by atoms with Crippen molar-refractivity contribution < 1.29 is 4.42 Å². The van der Waals surface area contributed by atoms with Crippen molar-refractivity contribution in [3.05, 3.63) is 200 Å². The van der Waals surface area contributed by atoms with Gasteiger partial charge in [-0.3, -0.25) is 0 Å². The first-order valence-electron chi connectivity index (χ1n) is 19.9. The number of para-hydroxylation sites is 1. The third-order valence-corrected chi connectivity index (χ3v) is 11.7. The Bertz CT molecular complexity index is 3500. The van der Waals surface area contributed by atoms with Crippen LogP contribution in [-0.4, -0.2) is 15.0 Å². The smallest absolute Gasteiger partial charge is 0.160 e. The molecule has 12 rings (SSSR count). The minimum absolute atomic E-state index is 0.669. The number of pyridine rings is 1. The van der Waals surface area contributed by atoms with Gasteiger partial charge in [0.15, 0.2) is 5.82 Å². The Morgan fingerprint density at radius 3 is 1.41 bits per heavy atom. The van der Waals surface area contributed by atoms with Crippen LogP contribution in [0, 0.1) is 0 Å². The zero-order chi connectivity index (χ0) is 38.9. The molecule has 4 heteroatoms. The lowest BCUT2D eigenvalue weighted by Gasteiger charge is -2.13. The number of rotatable bonds is 5. The van der Waals surface area contributed by atoms with Gasteiger partial charge in [0, 0.05) is 33.0 Å². The maximum absolute atomic E-state index is 6.66. The van der Waals surface area contributed by atoms with Crippen LogP contribution < -0.4 is 0 Å². The van der Waals surface area contributed by atoms with Gasteiger partial charge in [0.25, 0.3) is 0 Å². The maximum Gasteiger partial charge on any atom is 0.160 e. The van der Waals surface area contributed by atoms with E-state index < -0.39 is 0 Å². The van der Waals surface area contributed by atoms with Crippen LogP contribution in [0.4, 0.5) is 0 Å². The van der Waals surface area contributed by atoms with Gasteiger partial charge in [-0.05, 0) is 73.8 Å². The molecule has 4 nitrogen and oxygen atoms in total. The molecule has 0 saturated heterocycles. The minimum Gasteiger partial charge on any atom is -0.455 e. The van der Waals surface area contributed by atoms with Crippen LogP contribution in [0.25, 0.3) is 121 Å². The summed E-state index contributed by atoms with van der Waals surface area (Å²) in [5.41, 5.74) is 11.4. The number of nitrogens with zero attached hydrogens (tertiary/aromatic N) is 3. The van der Waals surface area contributed by atoms with E-state index in [2.05, 4.69) is 152 Å². The van der Waals surface area contributed by atoms with Crippen LogP contribution in [0.1, 0.15) is 0 Å². The fourth-order valence-corrected chi connectivity index (χ4v) is 8.81. The van der Waals surface area contributed by atoms with Crippen molar-refractivity contribution in [2.45, 2.75) is 0 Å². The van der Waals surface area contributed by atoms with Crippen molar-refractivity contribution in [2.75, 3.05) is 0 Å². The lowest BCUT2D eigenvalue weighted by Crippen LogP contribution is -1.96. The van der Waals surface area contributed by atoms with Crippen LogP contribution in [0.5, 0.6) is 0 Å². The van der Waals surface area contributed by atoms with E-state index in [0.29, 0.717) is 5.82 Å². The third kappa shape index (κ3) is 5.49. The molecule has 3 heterocycles. The maximum atomic E-state index is 6.66. The monoisotopic (exact) mass is 751 g/mol. The zero-order valence-corrected chi connectivity index (χ0v) is 31.8. The number of benzene rings is 9. The van der Waals surface area contributed by atoms with Gasteiger partial charge in [0.05, 0.1) is 28.0 Å². The van der Waals surface area contributed by atoms with Crippen LogP contribution in [0.3, 0.4) is 0 Å². The SMILES string of the molecule is c1ccc(-c2cc(-c3ccccc3)nc(-c3ccc(-c4nc5cc(-c6ccc7c8ccccc8c8ccccc8c7c6)ccc5c5oc6ccccc6c45)cc3)n2)cc1. The molecule has 3 aromatic heterocycles. The standard InChI is InChI=1S/C55H33N3O/c1-3-13-34(14-4-1)48-33-49(35-15-5-2-6-16-35)58-55(57-48)37-25-23-36(24-26-37)53-52-46-21-11-12-22-51(46)59-54(52)45-30-28-39(32-50(45)56-53)38-27-29-44-42-19-8-7-17-40(42)41-18-9-10-20-43(41)47(44)31-38/h1-33H. The quantitative estimate of drug-likeness (QED) is 0.164. The summed E-state index contributed by atoms with van der Waals surface area (Å²) in [6.07, 6.45) is 0. The highest BCUT2D eigenvalue weighted by Crippen LogP contribution is 2.42. The molecule has 12 aromatic rings. The van der Waals surface area contributed by atoms with E-state index in [0.717, 1.165) is 83.3 Å². The summed E-state index contributed by atoms with van der Waals surface area (Å²) in [5.74, 6) is 0.669. The Labute approximate surface area is 339 Å². The Hall–Kier alpha value is -7.95. The molecule has 0 N–H and O–H groups in total. The van der Waals surface area contributed by atoms with Crippen molar-refractivity contribution in [1.82, 2.24) is 15.0 Å². The van der Waals surface area contributed by atoms with Gasteiger partial charge in [0.1, 0.15) is 11.2 Å². The first-order valence-corrected chi connectivity index (χ1v) is 19.9. The number of furan rings is 1. The first kappa shape index (κ1) is 33.2. The summed E-state index contributed by atoms with van der Waals surface area (Å²) in [5, 5.41) is 10.6. The van der Waals surface area contributed by atoms with Crippen LogP contribution >= 0.6 is 0 Å². The summed E-state index contributed by atoms with van der Waals surface area (Å²) in [6.45, 7) is 0. The molecular formula is C55H33N3O. The van der Waals surface area contributed by atoms with E-state index in [9.17, 15) is 0 Å². The van der Waals surface area contributed by atoms with E-state index in [-0.39, 0.29) is 0 Å². The summed E-state index contributed by atoms with van der Waals surface area (Å²) in [4.78, 5) is 15.6. The Balaban J connectivity index is 1.01. The van der Waals surface area contributed by atoms with E-state index >= 15 is 0 Å². The lowest BCUT2D eigenvalue weighted by molar-refractivity contribution is 0.672. The second-order valence-electron chi connectivity index (χ2n) is 15.1. The molecule has 0 aliphatic rings. The van der Waals surface area contributed by atoms with Gasteiger partial charge >= 0.3 is 0 Å². The van der Waals surface area contributed by atoms with Crippen LogP contribution in [0.15, 0.2) is 205 Å². The largest absolute Gasteiger partial charge is 0.455 e. The summed E-state index contributed by atoms with van der Waals surface area (Å²) < 4.78 is 6.66. The third-order valence-electron chi connectivity index (χ3n) is 11.7. The van der Waals surface area contributed by atoms with Crippen molar-refractivity contribution >= 4 is 65.2 Å². The predicted molar refractivity (Wildman–Crippen MR) is 244 cm³/mol. The molecule has 0 aliphatic carbocycles. The zero-order valence-electron chi connectivity index (χ0n) is 31.8. The average molecular weight is 752 g/mol. The van der Waals surface area contributed by atoms with Gasteiger partial charge in [-0.2, -0.15) is 0 Å². The topological polar surface area (TPSA) is 51.8 Å². The second-order valence-corrected chi connectivity index (χ2v) is 15.1. The highest BCUT2D eigenvalue weighted by atomic mass is 16.3. The molecule has 59 heavy (non-hydrogen) atoms. The highest BCUT2D eigenvalue weighted by molar-refractivity contribution is 6.26. The Morgan fingerprint density at radius 1 is 0.305 bits per heavy atom. The summed E-state index contributed by atoms with van der Waals surface area (Å²) in [6, 6.07) is 70.2. The number of hydrogen-bond donors (Lipinski definition) is 0. The molecule has 0 spiro atoms. The summed E-state index contributed by atoms with van der Waals surface area (Å²) in [7, 11) is 0. The highest BCUT2D eigenvalue weighted by Gasteiger charge is 2.19. The van der Waals surface area contributed by atoms with Crippen molar-refractivity contribution in [3.63, 3.8) is 0 Å². The predicted octanol–water partition coefficient (Wildman–Crippen LogP) is 14.7. The van der Waals surface area contributed by atoms with E-state index in [1.807, 2.05) is 48.5 Å². The van der Waals surface area contributed by atoms with Gasteiger partial charge in [-0.25, -0.2) is 15.0 Å². The first-order chi connectivity index (χ1) is 29.2. The summed E-state index contributed by atoms with van der Waals surface area (Å²) >= 11 is 0. The number of aromatic nitrogens is 3. The number of fused-ring (bicyclic) bond motifs is 11. The molecule has 0 fully saturated rings. The average Bonchev–Trinajstić information content (AvgIpc) is 3.72. The van der Waals surface area contributed by atoms with Crippen molar-refractivity contribution in [1.29, 1.82) is 0 Å². The molecule has 0 unspecified atom stereocenters. The van der Waals surface area contributed by atoms with Gasteiger partial charge in [0.2, 0.25) is 0 Å². The molecule has 0 amide bonds. The van der Waals surface area contributed by atoms with Gasteiger partial charge < -0.3 is 4.42 Å². The fraction of sp³-hybridized carbons (Fsp3) is 0. The van der Waals surface area contributed by atoms with Crippen molar-refractivity contribution in [3.8, 4) is 56.3 Å². The van der Waals surface area contributed by atoms with Gasteiger partial charge in [-0.15, -0.1) is 0 Å². The van der Waals surface area contributed by atoms with Gasteiger partial charge in [-0.1, -0.05) is 170 Å². The van der Waals surface area contributed by atoms with Crippen LogP contribution in [-0.2, 0) is 0 Å². The second kappa shape index (κ2) is 13.3. The molecule has 0 radical (unpaired) electrons. The van der Waals surface area contributed by atoms with E-state index in [4.69, 9.17) is 19.4 Å². The van der Waals surface area contributed by atoms with E-state index in [1.54, 1.807) is 0 Å². The molecule has 9 aromatic carbocycles. The molecule has 0 atom stereocenters. The molecular weight excluding hydrogens is 719 g/mol. The number of hydrogen-bond acceptors (Lipinski definition) is 4. The lowest BCUT2D eigenvalue weighted by atomic mass is 9.92. The van der Waals surface area contributed by atoms with Crippen LogP contribution in [0.2, 0.25) is 0 Å².